The number of pyridine rings is 1. The third kappa shape index (κ3) is 10.4. The average Bonchev–Trinajstić information content (AvgIpc) is 3.35. The Labute approximate surface area is 284 Å². The van der Waals surface area contributed by atoms with Crippen LogP contribution in [0, 0.1) is 0 Å². The van der Waals surface area contributed by atoms with Crippen molar-refractivity contribution < 1.29 is 37.4 Å². The van der Waals surface area contributed by atoms with E-state index in [0.717, 1.165) is 67.8 Å². The van der Waals surface area contributed by atoms with Crippen molar-refractivity contribution >= 4 is 23.6 Å². The zero-order valence-electron chi connectivity index (χ0n) is 27.9. The maximum atomic E-state index is 13.5. The zero-order valence-corrected chi connectivity index (χ0v) is 27.9. The molecule has 264 valence electrons. The summed E-state index contributed by atoms with van der Waals surface area (Å²) in [5.41, 5.74) is 3.29. The number of carbonyl (C=O) groups is 3. The number of carbonyl (C=O) groups excluding carboxylic acids is 2. The minimum Gasteiger partial charge on any atom is -0.496 e. The summed E-state index contributed by atoms with van der Waals surface area (Å²) in [7, 11) is 1.66. The predicted octanol–water partition coefficient (Wildman–Crippen LogP) is 5.51. The normalized spacial score (nSPS) is 18.3. The highest BCUT2D eigenvalue weighted by Crippen LogP contribution is 2.39. The monoisotopic (exact) mass is 683 g/mol. The third-order valence-corrected chi connectivity index (χ3v) is 8.64. The van der Waals surface area contributed by atoms with Crippen LogP contribution in [-0.2, 0) is 17.8 Å². The van der Waals surface area contributed by atoms with Gasteiger partial charge >= 0.3 is 12.1 Å². The summed E-state index contributed by atoms with van der Waals surface area (Å²) in [6, 6.07) is 20.6. The minimum absolute atomic E-state index is 0.0254. The molecule has 0 saturated carbocycles. The Bertz CT molecular complexity index is 1540. The molecule has 2 fully saturated rings. The number of ether oxygens (including phenoxy) is 1. The fourth-order valence-electron chi connectivity index (χ4n) is 6.37. The van der Waals surface area contributed by atoms with Crippen molar-refractivity contribution in [3.8, 4) is 5.75 Å². The summed E-state index contributed by atoms with van der Waals surface area (Å²) in [4.78, 5) is 42.2. The van der Waals surface area contributed by atoms with Crippen molar-refractivity contribution in [1.29, 1.82) is 0 Å². The van der Waals surface area contributed by atoms with Gasteiger partial charge in [0.15, 0.2) is 0 Å². The van der Waals surface area contributed by atoms with Crippen LogP contribution in [0.2, 0.25) is 0 Å². The van der Waals surface area contributed by atoms with Gasteiger partial charge in [0.1, 0.15) is 11.6 Å². The molecule has 0 spiro atoms. The van der Waals surface area contributed by atoms with Gasteiger partial charge in [-0.1, -0.05) is 50.2 Å². The number of amides is 2. The number of hydrogen-bond acceptors (Lipinski definition) is 7. The number of hydrogen-bond donors (Lipinski definition) is 4. The van der Waals surface area contributed by atoms with Gasteiger partial charge in [0, 0.05) is 48.0 Å². The standard InChI is InChI=1S/C34H43N5O3.C2HF3O2/c1-23(2)35-18-8-12-29-30(11-7-13-31(29)42-3)34(41)38-26-19-27-15-16-28(20-26)39(27)32-17-14-25(22-36-32)33(40)37-21-24-9-5-4-6-10-24;3-2(4,5)1(6)7/h4-7,9-11,13-14,17,22-23,26-28,35H,8,12,15-16,18-21H2,1-3H3,(H,37,40)(H,38,41);(H,6,7)/t26?,27-,28+;. The molecule has 0 radical (unpaired) electrons. The van der Waals surface area contributed by atoms with Crippen LogP contribution in [0.1, 0.15) is 77.8 Å². The molecule has 1 aromatic heterocycles. The highest BCUT2D eigenvalue weighted by Gasteiger charge is 2.42. The predicted molar refractivity (Wildman–Crippen MR) is 180 cm³/mol. The number of carboxylic acids is 1. The summed E-state index contributed by atoms with van der Waals surface area (Å²) in [6.45, 7) is 5.65. The number of nitrogens with one attached hydrogen (secondary N) is 3. The summed E-state index contributed by atoms with van der Waals surface area (Å²) in [6.07, 6.45) is 2.20. The van der Waals surface area contributed by atoms with E-state index in [4.69, 9.17) is 14.6 Å². The lowest BCUT2D eigenvalue weighted by Gasteiger charge is -2.40. The second-order valence-electron chi connectivity index (χ2n) is 12.5. The van der Waals surface area contributed by atoms with Crippen LogP contribution in [0.4, 0.5) is 19.0 Å². The third-order valence-electron chi connectivity index (χ3n) is 8.64. The van der Waals surface area contributed by atoms with E-state index in [1.165, 1.54) is 0 Å². The second-order valence-corrected chi connectivity index (χ2v) is 12.5. The Kier molecular flexibility index (Phi) is 13.0. The molecule has 10 nitrogen and oxygen atoms in total. The molecule has 2 amide bonds. The zero-order chi connectivity index (χ0) is 35.6. The summed E-state index contributed by atoms with van der Waals surface area (Å²) in [5, 5.41) is 16.9. The van der Waals surface area contributed by atoms with Crippen LogP contribution in [-0.4, -0.2) is 71.9 Å². The summed E-state index contributed by atoms with van der Waals surface area (Å²) < 4.78 is 37.4. The van der Waals surface area contributed by atoms with E-state index in [-0.39, 0.29) is 17.9 Å². The van der Waals surface area contributed by atoms with Crippen LogP contribution in [0.15, 0.2) is 66.9 Å². The molecule has 2 aliphatic rings. The Morgan fingerprint density at radius 1 is 0.980 bits per heavy atom. The number of aromatic nitrogens is 1. The van der Waals surface area contributed by atoms with Gasteiger partial charge in [0.2, 0.25) is 0 Å². The largest absolute Gasteiger partial charge is 0.496 e. The summed E-state index contributed by atoms with van der Waals surface area (Å²) >= 11 is 0. The molecule has 2 aliphatic heterocycles. The Hall–Kier alpha value is -4.65. The van der Waals surface area contributed by atoms with Gasteiger partial charge in [-0.25, -0.2) is 9.78 Å². The van der Waals surface area contributed by atoms with Crippen molar-refractivity contribution in [1.82, 2.24) is 20.9 Å². The number of fused-ring (bicyclic) bond motifs is 2. The first-order chi connectivity index (χ1) is 23.4. The number of aliphatic carboxylic acids is 1. The highest BCUT2D eigenvalue weighted by molar-refractivity contribution is 5.96. The molecule has 2 aromatic carbocycles. The first-order valence-corrected chi connectivity index (χ1v) is 16.4. The van der Waals surface area contributed by atoms with E-state index in [1.807, 2.05) is 60.7 Å². The molecule has 5 rings (SSSR count). The first-order valence-electron chi connectivity index (χ1n) is 16.4. The van der Waals surface area contributed by atoms with E-state index in [9.17, 15) is 22.8 Å². The molecule has 3 atom stereocenters. The molecule has 0 aliphatic carbocycles. The minimum atomic E-state index is -5.08. The number of piperidine rings is 1. The fraction of sp³-hybridized carbons (Fsp3) is 0.444. The van der Waals surface area contributed by atoms with E-state index >= 15 is 0 Å². The maximum absolute atomic E-state index is 13.5. The van der Waals surface area contributed by atoms with E-state index in [2.05, 4.69) is 39.7 Å². The Morgan fingerprint density at radius 2 is 1.65 bits per heavy atom. The number of anilines is 1. The summed E-state index contributed by atoms with van der Waals surface area (Å²) in [5.74, 6) is -1.24. The highest BCUT2D eigenvalue weighted by atomic mass is 19.4. The number of carboxylic acid groups (broad SMARTS) is 1. The maximum Gasteiger partial charge on any atom is 0.490 e. The van der Waals surface area contributed by atoms with Gasteiger partial charge in [-0.15, -0.1) is 0 Å². The number of alkyl halides is 3. The lowest BCUT2D eigenvalue weighted by atomic mass is 9.95. The fourth-order valence-corrected chi connectivity index (χ4v) is 6.37. The smallest absolute Gasteiger partial charge is 0.490 e. The van der Waals surface area contributed by atoms with Crippen LogP contribution >= 0.6 is 0 Å². The Balaban J connectivity index is 0.000000698. The van der Waals surface area contributed by atoms with Crippen LogP contribution in [0.25, 0.3) is 0 Å². The van der Waals surface area contributed by atoms with Crippen LogP contribution in [0.3, 0.4) is 0 Å². The van der Waals surface area contributed by atoms with Gasteiger partial charge in [-0.2, -0.15) is 13.2 Å². The van der Waals surface area contributed by atoms with Gasteiger partial charge in [0.25, 0.3) is 11.8 Å². The van der Waals surface area contributed by atoms with Gasteiger partial charge in [0.05, 0.1) is 12.7 Å². The molecule has 13 heteroatoms. The second kappa shape index (κ2) is 17.1. The van der Waals surface area contributed by atoms with E-state index in [1.54, 1.807) is 13.3 Å². The van der Waals surface area contributed by atoms with Gasteiger partial charge < -0.3 is 30.7 Å². The van der Waals surface area contributed by atoms with Crippen LogP contribution < -0.4 is 25.6 Å². The number of methoxy groups -OCH3 is 1. The first kappa shape index (κ1) is 37.2. The number of benzene rings is 2. The molecule has 2 bridgehead atoms. The van der Waals surface area contributed by atoms with Crippen molar-refractivity contribution in [3.63, 3.8) is 0 Å². The van der Waals surface area contributed by atoms with Gasteiger partial charge in [-0.05, 0) is 74.9 Å². The molecule has 2 saturated heterocycles. The SMILES string of the molecule is COc1cccc(C(=O)NC2C[C@H]3CC[C@@H](C2)N3c2ccc(C(=O)NCc3ccccc3)cn2)c1CCCNC(C)C.O=C(O)C(F)(F)F. The Morgan fingerprint density at radius 3 is 2.22 bits per heavy atom. The molecule has 49 heavy (non-hydrogen) atoms. The van der Waals surface area contributed by atoms with Crippen LogP contribution in [0.5, 0.6) is 5.75 Å². The van der Waals surface area contributed by atoms with E-state index < -0.39 is 12.1 Å². The van der Waals surface area contributed by atoms with Crippen molar-refractivity contribution in [2.24, 2.45) is 0 Å². The van der Waals surface area contributed by atoms with Crippen molar-refractivity contribution in [2.75, 3.05) is 18.6 Å². The average molecular weight is 684 g/mol. The molecule has 1 unspecified atom stereocenters. The lowest BCUT2D eigenvalue weighted by molar-refractivity contribution is -0.192. The number of halogens is 3. The quantitative estimate of drug-likeness (QED) is 0.184. The van der Waals surface area contributed by atoms with Gasteiger partial charge in [-0.3, -0.25) is 9.59 Å². The van der Waals surface area contributed by atoms with Crippen molar-refractivity contribution in [3.05, 3.63) is 89.1 Å². The number of rotatable bonds is 12. The molecule has 3 aromatic rings. The van der Waals surface area contributed by atoms with Crippen molar-refractivity contribution in [2.45, 2.75) is 89.3 Å². The molecular weight excluding hydrogens is 639 g/mol. The lowest BCUT2D eigenvalue weighted by Crippen LogP contribution is -2.51. The topological polar surface area (TPSA) is 133 Å². The molecule has 4 N–H and O–H groups in total. The molecule has 3 heterocycles. The number of nitrogens with zero attached hydrogens (tertiary/aromatic N) is 2. The van der Waals surface area contributed by atoms with E-state index in [0.29, 0.717) is 35.8 Å². The molecular formula is C36H44F3N5O5.